The molecule has 0 aliphatic rings. The maximum Gasteiger partial charge on any atom is 0.322 e. The first kappa shape index (κ1) is 17.1. The second-order valence-electron chi connectivity index (χ2n) is 4.90. The fourth-order valence-electron chi connectivity index (χ4n) is 2.06. The van der Waals surface area contributed by atoms with Crippen LogP contribution in [0.2, 0.25) is 0 Å². The molecule has 0 aliphatic carbocycles. The smallest absolute Gasteiger partial charge is 0.322 e. The Bertz CT molecular complexity index is 768. The molecule has 2 rings (SSSR count). The van der Waals surface area contributed by atoms with Crippen LogP contribution in [0.5, 0.6) is 0 Å². The highest BCUT2D eigenvalue weighted by atomic mass is 32.2. The van der Waals surface area contributed by atoms with E-state index < -0.39 is 23.9 Å². The van der Waals surface area contributed by atoms with Gasteiger partial charge in [0.2, 0.25) is 0 Å². The van der Waals surface area contributed by atoms with Gasteiger partial charge in [0.15, 0.2) is 11.1 Å². The summed E-state index contributed by atoms with van der Waals surface area (Å²) < 4.78 is 1.56. The maximum absolute atomic E-state index is 12.2. The number of hydrogen-bond acceptors (Lipinski definition) is 5. The van der Waals surface area contributed by atoms with E-state index >= 15 is 0 Å². The van der Waals surface area contributed by atoms with Gasteiger partial charge in [0.1, 0.15) is 23.5 Å². The van der Waals surface area contributed by atoms with Crippen LogP contribution in [0, 0.1) is 0 Å². The molecule has 3 N–H and O–H groups in total. The number of unbranched alkanes of at least 4 members (excludes halogenated alkanes) is 2. The van der Waals surface area contributed by atoms with Crippen LogP contribution in [0.15, 0.2) is 22.2 Å². The van der Waals surface area contributed by atoms with E-state index in [-0.39, 0.29) is 11.2 Å². The number of aliphatic carboxylic acids is 1. The Hall–Kier alpha value is -2.29. The molecule has 9 heteroatoms. The third kappa shape index (κ3) is 4.13. The van der Waals surface area contributed by atoms with Crippen LogP contribution in [0.25, 0.3) is 5.65 Å². The van der Waals surface area contributed by atoms with Crippen molar-refractivity contribution in [2.24, 2.45) is 0 Å². The van der Waals surface area contributed by atoms with E-state index in [9.17, 15) is 14.4 Å². The molecule has 2 aromatic heterocycles. The molecule has 0 spiro atoms. The molecule has 0 saturated heterocycles. The van der Waals surface area contributed by atoms with E-state index in [2.05, 4.69) is 22.3 Å². The lowest BCUT2D eigenvalue weighted by Crippen LogP contribution is -2.33. The minimum atomic E-state index is -1.18. The van der Waals surface area contributed by atoms with Crippen molar-refractivity contribution >= 4 is 29.3 Å². The van der Waals surface area contributed by atoms with Crippen molar-refractivity contribution in [3.8, 4) is 0 Å². The molecule has 0 atom stereocenters. The first-order valence-corrected chi connectivity index (χ1v) is 8.25. The summed E-state index contributed by atoms with van der Waals surface area (Å²) in [5.74, 6) is -1.07. The molecule has 8 nitrogen and oxygen atoms in total. The van der Waals surface area contributed by atoms with Crippen LogP contribution >= 0.6 is 11.8 Å². The van der Waals surface area contributed by atoms with E-state index in [0.29, 0.717) is 5.03 Å². The number of carbonyl (C=O) groups excluding carboxylic acids is 1. The number of amides is 1. The van der Waals surface area contributed by atoms with Crippen molar-refractivity contribution in [1.82, 2.24) is 19.9 Å². The molecular formula is C14H18N4O4S. The number of pyridine rings is 1. The summed E-state index contributed by atoms with van der Waals surface area (Å²) >= 11 is 1.51. The van der Waals surface area contributed by atoms with Crippen molar-refractivity contribution < 1.29 is 14.7 Å². The summed E-state index contributed by atoms with van der Waals surface area (Å²) in [5.41, 5.74) is -0.443. The van der Waals surface area contributed by atoms with Crippen molar-refractivity contribution in [3.63, 3.8) is 0 Å². The van der Waals surface area contributed by atoms with Crippen LogP contribution in [-0.2, 0) is 4.79 Å². The number of rotatable bonds is 8. The molecule has 0 bridgehead atoms. The Labute approximate surface area is 136 Å². The predicted octanol–water partition coefficient (Wildman–Crippen LogP) is 1.12. The Balaban J connectivity index is 2.28. The van der Waals surface area contributed by atoms with E-state index in [4.69, 9.17) is 5.11 Å². The van der Waals surface area contributed by atoms with Crippen molar-refractivity contribution in [3.05, 3.63) is 28.2 Å². The van der Waals surface area contributed by atoms with Crippen LogP contribution < -0.4 is 10.7 Å². The lowest BCUT2D eigenvalue weighted by molar-refractivity contribution is -0.135. The van der Waals surface area contributed by atoms with Crippen molar-refractivity contribution in [1.29, 1.82) is 0 Å². The highest BCUT2D eigenvalue weighted by molar-refractivity contribution is 7.99. The summed E-state index contributed by atoms with van der Waals surface area (Å²) in [5, 5.41) is 14.3. The summed E-state index contributed by atoms with van der Waals surface area (Å²) in [6, 6.07) is 1.37. The maximum atomic E-state index is 12.2. The Morgan fingerprint density at radius 2 is 2.22 bits per heavy atom. The fraction of sp³-hybridized carbons (Fsp3) is 0.429. The third-order valence-electron chi connectivity index (χ3n) is 3.16. The second kappa shape index (κ2) is 7.82. The van der Waals surface area contributed by atoms with Gasteiger partial charge in [-0.3, -0.25) is 19.5 Å². The van der Waals surface area contributed by atoms with Gasteiger partial charge in [-0.1, -0.05) is 19.8 Å². The molecule has 0 aliphatic heterocycles. The minimum Gasteiger partial charge on any atom is -0.480 e. The number of nitrogens with zero attached hydrogens (tertiary/aromatic N) is 2. The number of hydrogen-bond donors (Lipinski definition) is 3. The number of carboxylic acids is 1. The number of fused-ring (bicyclic) bond motifs is 1. The quantitative estimate of drug-likeness (QED) is 0.490. The number of H-pyrrole nitrogens is 1. The topological polar surface area (TPSA) is 117 Å². The van der Waals surface area contributed by atoms with Crippen LogP contribution in [0.4, 0.5) is 0 Å². The number of carboxylic acid groups (broad SMARTS) is 1. The zero-order valence-electron chi connectivity index (χ0n) is 12.7. The Morgan fingerprint density at radius 1 is 1.43 bits per heavy atom. The van der Waals surface area contributed by atoms with Crippen LogP contribution in [-0.4, -0.2) is 43.9 Å². The average Bonchev–Trinajstić information content (AvgIpc) is 2.98. The number of nitrogens with one attached hydrogen (secondary N) is 2. The van der Waals surface area contributed by atoms with E-state index in [1.54, 1.807) is 4.52 Å². The minimum absolute atomic E-state index is 0.162. The van der Waals surface area contributed by atoms with Crippen molar-refractivity contribution in [2.45, 2.75) is 31.2 Å². The van der Waals surface area contributed by atoms with Gasteiger partial charge in [0, 0.05) is 6.07 Å². The second-order valence-corrected chi connectivity index (χ2v) is 6.02. The predicted molar refractivity (Wildman–Crippen MR) is 86.0 cm³/mol. The van der Waals surface area contributed by atoms with Gasteiger partial charge in [-0.2, -0.15) is 0 Å². The molecule has 0 unspecified atom stereocenters. The first-order valence-electron chi connectivity index (χ1n) is 7.26. The molecule has 2 aromatic rings. The SMILES string of the molecule is CCCCCSc1cc(=O)c(C(=O)NCC(=O)O)c2nc[nH]n12. The van der Waals surface area contributed by atoms with Gasteiger partial charge in [0.05, 0.1) is 0 Å². The lowest BCUT2D eigenvalue weighted by Gasteiger charge is -2.07. The summed E-state index contributed by atoms with van der Waals surface area (Å²) in [4.78, 5) is 38.8. The summed E-state index contributed by atoms with van der Waals surface area (Å²) in [6.45, 7) is 1.56. The molecule has 124 valence electrons. The zero-order valence-corrected chi connectivity index (χ0v) is 13.5. The standard InChI is InChI=1S/C14H18N4O4S/c1-2-3-4-5-23-10-6-9(19)12(13-16-8-17-18(10)13)14(22)15-7-11(20)21/h6,8H,2-5,7H2,1H3,(H,15,22)(H,16,17)(H,20,21). The summed E-state index contributed by atoms with van der Waals surface area (Å²) in [6.07, 6.45) is 4.65. The number of aromatic nitrogens is 3. The lowest BCUT2D eigenvalue weighted by atomic mass is 10.2. The molecule has 1 amide bonds. The Morgan fingerprint density at radius 3 is 2.91 bits per heavy atom. The Kier molecular flexibility index (Phi) is 5.80. The monoisotopic (exact) mass is 338 g/mol. The molecule has 0 aromatic carbocycles. The van der Waals surface area contributed by atoms with Gasteiger partial charge < -0.3 is 10.4 Å². The largest absolute Gasteiger partial charge is 0.480 e. The highest BCUT2D eigenvalue weighted by Crippen LogP contribution is 2.20. The fourth-order valence-corrected chi connectivity index (χ4v) is 3.08. The number of thioether (sulfide) groups is 1. The molecule has 0 radical (unpaired) electrons. The first-order chi connectivity index (χ1) is 11.0. The van der Waals surface area contributed by atoms with Gasteiger partial charge in [-0.15, -0.1) is 11.8 Å². The molecule has 23 heavy (non-hydrogen) atoms. The van der Waals surface area contributed by atoms with Gasteiger partial charge in [0.25, 0.3) is 5.91 Å². The molecule has 0 fully saturated rings. The van der Waals surface area contributed by atoms with Gasteiger partial charge >= 0.3 is 5.97 Å². The zero-order chi connectivity index (χ0) is 16.8. The molecular weight excluding hydrogens is 320 g/mol. The molecule has 0 saturated carbocycles. The molecule has 2 heterocycles. The average molecular weight is 338 g/mol. The number of aromatic amines is 1. The third-order valence-corrected chi connectivity index (χ3v) is 4.24. The normalized spacial score (nSPS) is 10.8. The van der Waals surface area contributed by atoms with Gasteiger partial charge in [-0.25, -0.2) is 9.50 Å². The van der Waals surface area contributed by atoms with E-state index in [1.807, 2.05) is 0 Å². The van der Waals surface area contributed by atoms with E-state index in [1.165, 1.54) is 24.2 Å². The van der Waals surface area contributed by atoms with E-state index in [0.717, 1.165) is 25.0 Å². The van der Waals surface area contributed by atoms with Crippen molar-refractivity contribution in [2.75, 3.05) is 12.3 Å². The number of carbonyl (C=O) groups is 2. The van der Waals surface area contributed by atoms with Gasteiger partial charge in [-0.05, 0) is 12.2 Å². The van der Waals surface area contributed by atoms with Crippen LogP contribution in [0.1, 0.15) is 36.5 Å². The van der Waals surface area contributed by atoms with Crippen LogP contribution in [0.3, 0.4) is 0 Å². The summed E-state index contributed by atoms with van der Waals surface area (Å²) in [7, 11) is 0. The highest BCUT2D eigenvalue weighted by Gasteiger charge is 2.19.